The lowest BCUT2D eigenvalue weighted by molar-refractivity contribution is 0.131. The van der Waals surface area contributed by atoms with Crippen LogP contribution in [0.4, 0.5) is 0 Å². The van der Waals surface area contributed by atoms with Crippen LogP contribution < -0.4 is 5.73 Å². The molecule has 1 aliphatic carbocycles. The molecule has 0 heterocycles. The van der Waals surface area contributed by atoms with E-state index in [4.69, 9.17) is 5.73 Å². The first kappa shape index (κ1) is 8.73. The third-order valence-corrected chi connectivity index (χ3v) is 2.65. The molecule has 1 saturated carbocycles. The summed E-state index contributed by atoms with van der Waals surface area (Å²) in [5.41, 5.74) is 6.63. The molecule has 0 aliphatic heterocycles. The Morgan fingerprint density at radius 3 is 2.46 bits per heavy atom. The minimum atomic E-state index is -0.449. The van der Waals surface area contributed by atoms with E-state index >= 15 is 0 Å². The van der Waals surface area contributed by atoms with E-state index in [1.165, 1.54) is 0 Å². The number of hydrogen-bond donors (Lipinski definition) is 2. The van der Waals surface area contributed by atoms with Gasteiger partial charge in [-0.1, -0.05) is 30.3 Å². The standard InChI is InChI=1S/C11H15NO/c12-10(8-11(13)6-7-11)9-4-2-1-3-5-9/h1-5,10,13H,6-8,12H2/t10-/m1/s1. The van der Waals surface area contributed by atoms with Crippen LogP contribution in [0.1, 0.15) is 30.9 Å². The van der Waals surface area contributed by atoms with E-state index in [0.29, 0.717) is 6.42 Å². The van der Waals surface area contributed by atoms with Crippen LogP contribution in [0.5, 0.6) is 0 Å². The summed E-state index contributed by atoms with van der Waals surface area (Å²) >= 11 is 0. The Hall–Kier alpha value is -0.860. The van der Waals surface area contributed by atoms with Crippen LogP contribution in [0.3, 0.4) is 0 Å². The summed E-state index contributed by atoms with van der Waals surface area (Å²) in [6.45, 7) is 0. The zero-order chi connectivity index (χ0) is 9.31. The largest absolute Gasteiger partial charge is 0.390 e. The second-order valence-corrected chi connectivity index (χ2v) is 3.95. The monoisotopic (exact) mass is 177 g/mol. The van der Waals surface area contributed by atoms with Crippen molar-refractivity contribution in [1.29, 1.82) is 0 Å². The average Bonchev–Trinajstić information content (AvgIpc) is 2.85. The predicted octanol–water partition coefficient (Wildman–Crippen LogP) is 1.60. The minimum absolute atomic E-state index is 0.0197. The van der Waals surface area contributed by atoms with Gasteiger partial charge in [-0.15, -0.1) is 0 Å². The first-order valence-electron chi connectivity index (χ1n) is 4.73. The van der Waals surface area contributed by atoms with E-state index in [2.05, 4.69) is 0 Å². The molecule has 0 unspecified atom stereocenters. The van der Waals surface area contributed by atoms with Gasteiger partial charge in [-0.05, 0) is 24.8 Å². The van der Waals surface area contributed by atoms with Crippen molar-refractivity contribution < 1.29 is 5.11 Å². The maximum Gasteiger partial charge on any atom is 0.0668 e. The van der Waals surface area contributed by atoms with Gasteiger partial charge in [0.2, 0.25) is 0 Å². The second-order valence-electron chi connectivity index (χ2n) is 3.95. The van der Waals surface area contributed by atoms with Crippen molar-refractivity contribution in [2.45, 2.75) is 30.9 Å². The molecule has 1 aromatic rings. The molecule has 0 saturated heterocycles. The lowest BCUT2D eigenvalue weighted by Gasteiger charge is -2.15. The number of nitrogens with two attached hydrogens (primary N) is 1. The first-order valence-corrected chi connectivity index (χ1v) is 4.73. The molecular formula is C11H15NO. The zero-order valence-corrected chi connectivity index (χ0v) is 7.61. The van der Waals surface area contributed by atoms with E-state index in [-0.39, 0.29) is 6.04 Å². The molecular weight excluding hydrogens is 162 g/mol. The average molecular weight is 177 g/mol. The summed E-state index contributed by atoms with van der Waals surface area (Å²) < 4.78 is 0. The van der Waals surface area contributed by atoms with E-state index in [0.717, 1.165) is 18.4 Å². The highest BCUT2D eigenvalue weighted by molar-refractivity contribution is 5.19. The Morgan fingerprint density at radius 1 is 1.31 bits per heavy atom. The van der Waals surface area contributed by atoms with E-state index in [1.54, 1.807) is 0 Å². The Bertz CT molecular complexity index is 279. The zero-order valence-electron chi connectivity index (χ0n) is 7.61. The van der Waals surface area contributed by atoms with Crippen LogP contribution in [-0.2, 0) is 0 Å². The Morgan fingerprint density at radius 2 is 1.92 bits per heavy atom. The van der Waals surface area contributed by atoms with Crippen molar-refractivity contribution in [2.75, 3.05) is 0 Å². The maximum atomic E-state index is 9.68. The summed E-state index contributed by atoms with van der Waals surface area (Å²) in [7, 11) is 0. The fourth-order valence-corrected chi connectivity index (χ4v) is 1.58. The van der Waals surface area contributed by atoms with Gasteiger partial charge in [0.15, 0.2) is 0 Å². The summed E-state index contributed by atoms with van der Waals surface area (Å²) in [6.07, 6.45) is 2.51. The fraction of sp³-hybridized carbons (Fsp3) is 0.455. The van der Waals surface area contributed by atoms with Crippen LogP contribution in [0.15, 0.2) is 30.3 Å². The Balaban J connectivity index is 2.01. The van der Waals surface area contributed by atoms with E-state index in [9.17, 15) is 5.11 Å². The van der Waals surface area contributed by atoms with Gasteiger partial charge in [-0.25, -0.2) is 0 Å². The molecule has 1 aliphatic rings. The third-order valence-electron chi connectivity index (χ3n) is 2.65. The SMILES string of the molecule is N[C@H](CC1(O)CC1)c1ccccc1. The molecule has 70 valence electrons. The minimum Gasteiger partial charge on any atom is -0.390 e. The second kappa shape index (κ2) is 3.13. The van der Waals surface area contributed by atoms with Crippen molar-refractivity contribution >= 4 is 0 Å². The molecule has 0 spiro atoms. The molecule has 2 rings (SSSR count). The van der Waals surface area contributed by atoms with Gasteiger partial charge in [0, 0.05) is 6.04 Å². The van der Waals surface area contributed by atoms with Crippen LogP contribution >= 0.6 is 0 Å². The summed E-state index contributed by atoms with van der Waals surface area (Å²) in [5.74, 6) is 0. The number of rotatable bonds is 3. The molecule has 3 N–H and O–H groups in total. The predicted molar refractivity (Wildman–Crippen MR) is 52.2 cm³/mol. The Kier molecular flexibility index (Phi) is 2.10. The Labute approximate surface area is 78.4 Å². The number of aliphatic hydroxyl groups is 1. The van der Waals surface area contributed by atoms with Crippen molar-refractivity contribution in [3.63, 3.8) is 0 Å². The van der Waals surface area contributed by atoms with Crippen LogP contribution in [0.2, 0.25) is 0 Å². The van der Waals surface area contributed by atoms with Gasteiger partial charge in [0.1, 0.15) is 0 Å². The molecule has 2 heteroatoms. The van der Waals surface area contributed by atoms with Gasteiger partial charge >= 0.3 is 0 Å². The first-order chi connectivity index (χ1) is 6.20. The summed E-state index contributed by atoms with van der Waals surface area (Å²) in [4.78, 5) is 0. The van der Waals surface area contributed by atoms with Crippen LogP contribution in [0, 0.1) is 0 Å². The lowest BCUT2D eigenvalue weighted by Crippen LogP contribution is -2.19. The number of benzene rings is 1. The van der Waals surface area contributed by atoms with Gasteiger partial charge < -0.3 is 10.8 Å². The molecule has 13 heavy (non-hydrogen) atoms. The van der Waals surface area contributed by atoms with E-state index < -0.39 is 5.60 Å². The highest BCUT2D eigenvalue weighted by Crippen LogP contribution is 2.41. The van der Waals surface area contributed by atoms with Gasteiger partial charge in [-0.2, -0.15) is 0 Å². The van der Waals surface area contributed by atoms with Gasteiger partial charge in [-0.3, -0.25) is 0 Å². The highest BCUT2D eigenvalue weighted by atomic mass is 16.3. The van der Waals surface area contributed by atoms with Crippen molar-refractivity contribution in [1.82, 2.24) is 0 Å². The van der Waals surface area contributed by atoms with Crippen molar-refractivity contribution in [3.05, 3.63) is 35.9 Å². The molecule has 1 aromatic carbocycles. The maximum absolute atomic E-state index is 9.68. The highest BCUT2D eigenvalue weighted by Gasteiger charge is 2.41. The fourth-order valence-electron chi connectivity index (χ4n) is 1.58. The molecule has 1 atom stereocenters. The lowest BCUT2D eigenvalue weighted by atomic mass is 10.0. The van der Waals surface area contributed by atoms with Gasteiger partial charge in [0.05, 0.1) is 5.60 Å². The normalized spacial score (nSPS) is 21.1. The van der Waals surface area contributed by atoms with E-state index in [1.807, 2.05) is 30.3 Å². The topological polar surface area (TPSA) is 46.2 Å². The molecule has 0 bridgehead atoms. The molecule has 0 amide bonds. The molecule has 2 nitrogen and oxygen atoms in total. The van der Waals surface area contributed by atoms with Crippen LogP contribution in [0.25, 0.3) is 0 Å². The third kappa shape index (κ3) is 2.08. The number of hydrogen-bond acceptors (Lipinski definition) is 2. The summed E-state index contributed by atoms with van der Waals surface area (Å²) in [5, 5.41) is 9.68. The summed E-state index contributed by atoms with van der Waals surface area (Å²) in [6, 6.07) is 9.93. The molecule has 0 aromatic heterocycles. The van der Waals surface area contributed by atoms with Gasteiger partial charge in [0.25, 0.3) is 0 Å². The quantitative estimate of drug-likeness (QED) is 0.736. The molecule has 1 fully saturated rings. The van der Waals surface area contributed by atoms with Crippen LogP contribution in [-0.4, -0.2) is 10.7 Å². The molecule has 0 radical (unpaired) electrons. The van der Waals surface area contributed by atoms with Crippen molar-refractivity contribution in [2.24, 2.45) is 5.73 Å². The van der Waals surface area contributed by atoms with Crippen molar-refractivity contribution in [3.8, 4) is 0 Å². The smallest absolute Gasteiger partial charge is 0.0668 e.